The minimum Gasteiger partial charge on any atom is -0.493 e. The Morgan fingerprint density at radius 1 is 1.00 bits per heavy atom. The lowest BCUT2D eigenvalue weighted by molar-refractivity contribution is -0.136. The van der Waals surface area contributed by atoms with Gasteiger partial charge in [-0.2, -0.15) is 5.26 Å². The summed E-state index contributed by atoms with van der Waals surface area (Å²) in [7, 11) is 3.11. The number of carbonyl (C=O) groups excluding carboxylic acids is 2. The first kappa shape index (κ1) is 18.8. The lowest BCUT2D eigenvalue weighted by atomic mass is 10.1. The number of rotatable bonds is 6. The first-order valence-electron chi connectivity index (χ1n) is 7.87. The zero-order valence-electron chi connectivity index (χ0n) is 14.5. The number of nitrogens with one attached hydrogen (secondary N) is 2. The minimum absolute atomic E-state index is 0.301. The van der Waals surface area contributed by atoms with Gasteiger partial charge in [0, 0.05) is 12.2 Å². The normalized spacial score (nSPS) is 9.73. The van der Waals surface area contributed by atoms with Crippen molar-refractivity contribution < 1.29 is 19.1 Å². The highest BCUT2D eigenvalue weighted by molar-refractivity contribution is 6.39. The molecule has 0 fully saturated rings. The van der Waals surface area contributed by atoms with E-state index in [1.807, 2.05) is 18.2 Å². The maximum Gasteiger partial charge on any atom is 0.313 e. The predicted molar refractivity (Wildman–Crippen MR) is 96.0 cm³/mol. The van der Waals surface area contributed by atoms with Gasteiger partial charge in [0.05, 0.1) is 25.9 Å². The van der Waals surface area contributed by atoms with E-state index in [1.54, 1.807) is 44.6 Å². The third kappa shape index (κ3) is 4.98. The number of amides is 2. The van der Waals surface area contributed by atoms with Crippen LogP contribution in [0.15, 0.2) is 42.5 Å². The molecule has 0 bridgehead atoms. The van der Waals surface area contributed by atoms with E-state index in [2.05, 4.69) is 10.6 Å². The smallest absolute Gasteiger partial charge is 0.313 e. The summed E-state index contributed by atoms with van der Waals surface area (Å²) in [5, 5.41) is 13.8. The standard InChI is InChI=1S/C19H19N3O4/c1-25-16-8-5-13(11-17(16)26-2)9-10-21-18(23)19(24)22-15-6-3-14(12-20)4-7-15/h3-8,11H,9-10H2,1-2H3,(H,21,23)(H,22,24). The van der Waals surface area contributed by atoms with Crippen molar-refractivity contribution in [2.75, 3.05) is 26.1 Å². The molecular formula is C19H19N3O4. The maximum atomic E-state index is 11.9. The molecule has 0 aliphatic carbocycles. The Morgan fingerprint density at radius 3 is 2.31 bits per heavy atom. The van der Waals surface area contributed by atoms with Crippen LogP contribution in [0.4, 0.5) is 5.69 Å². The van der Waals surface area contributed by atoms with Crippen molar-refractivity contribution in [2.45, 2.75) is 6.42 Å². The lowest BCUT2D eigenvalue weighted by Gasteiger charge is -2.10. The van der Waals surface area contributed by atoms with E-state index in [-0.39, 0.29) is 0 Å². The van der Waals surface area contributed by atoms with Gasteiger partial charge in [-0.25, -0.2) is 0 Å². The van der Waals surface area contributed by atoms with Crippen LogP contribution in [0.2, 0.25) is 0 Å². The Hall–Kier alpha value is -3.53. The third-order valence-electron chi connectivity index (χ3n) is 3.63. The number of benzene rings is 2. The molecule has 7 nitrogen and oxygen atoms in total. The van der Waals surface area contributed by atoms with Crippen LogP contribution in [0.1, 0.15) is 11.1 Å². The number of methoxy groups -OCH3 is 2. The number of ether oxygens (including phenoxy) is 2. The Bertz CT molecular complexity index is 826. The number of nitriles is 1. The van der Waals surface area contributed by atoms with E-state index in [0.717, 1.165) is 5.56 Å². The highest BCUT2D eigenvalue weighted by Crippen LogP contribution is 2.27. The molecule has 0 aliphatic heterocycles. The highest BCUT2D eigenvalue weighted by atomic mass is 16.5. The van der Waals surface area contributed by atoms with E-state index in [1.165, 1.54) is 0 Å². The van der Waals surface area contributed by atoms with Crippen LogP contribution in [-0.2, 0) is 16.0 Å². The molecule has 2 aromatic rings. The van der Waals surface area contributed by atoms with Crippen LogP contribution in [0, 0.1) is 11.3 Å². The molecule has 0 aliphatic rings. The summed E-state index contributed by atoms with van der Waals surface area (Å²) in [6, 6.07) is 13.7. The fourth-order valence-corrected chi connectivity index (χ4v) is 2.25. The number of carbonyl (C=O) groups is 2. The number of hydrogen-bond donors (Lipinski definition) is 2. The molecular weight excluding hydrogens is 334 g/mol. The van der Waals surface area contributed by atoms with Gasteiger partial charge in [-0.15, -0.1) is 0 Å². The molecule has 26 heavy (non-hydrogen) atoms. The zero-order chi connectivity index (χ0) is 18.9. The summed E-state index contributed by atoms with van der Waals surface area (Å²) in [6.45, 7) is 0.301. The van der Waals surface area contributed by atoms with Crippen molar-refractivity contribution in [1.82, 2.24) is 5.32 Å². The van der Waals surface area contributed by atoms with Gasteiger partial charge in [0.2, 0.25) is 0 Å². The van der Waals surface area contributed by atoms with Gasteiger partial charge in [-0.1, -0.05) is 6.07 Å². The van der Waals surface area contributed by atoms with Crippen molar-refractivity contribution in [3.63, 3.8) is 0 Å². The molecule has 7 heteroatoms. The third-order valence-corrected chi connectivity index (χ3v) is 3.63. The molecule has 0 saturated heterocycles. The average Bonchev–Trinajstić information content (AvgIpc) is 2.68. The Kier molecular flexibility index (Phi) is 6.57. The molecule has 0 unspecified atom stereocenters. The van der Waals surface area contributed by atoms with Gasteiger partial charge < -0.3 is 20.1 Å². The second-order valence-electron chi connectivity index (χ2n) is 5.34. The van der Waals surface area contributed by atoms with Crippen molar-refractivity contribution in [1.29, 1.82) is 5.26 Å². The topological polar surface area (TPSA) is 100 Å². The van der Waals surface area contributed by atoms with E-state index in [0.29, 0.717) is 35.7 Å². The molecule has 0 spiro atoms. The van der Waals surface area contributed by atoms with Crippen LogP contribution < -0.4 is 20.1 Å². The Morgan fingerprint density at radius 2 is 1.69 bits per heavy atom. The lowest BCUT2D eigenvalue weighted by Crippen LogP contribution is -2.36. The minimum atomic E-state index is -0.762. The van der Waals surface area contributed by atoms with E-state index < -0.39 is 11.8 Å². The second kappa shape index (κ2) is 9.08. The molecule has 0 atom stereocenters. The molecule has 0 radical (unpaired) electrons. The SMILES string of the molecule is COc1ccc(CCNC(=O)C(=O)Nc2ccc(C#N)cc2)cc1OC. The van der Waals surface area contributed by atoms with Crippen LogP contribution in [-0.4, -0.2) is 32.6 Å². The summed E-state index contributed by atoms with van der Waals surface area (Å²) in [6.07, 6.45) is 0.538. The number of hydrogen-bond acceptors (Lipinski definition) is 5. The van der Waals surface area contributed by atoms with Gasteiger partial charge in [0.1, 0.15) is 0 Å². The van der Waals surface area contributed by atoms with Crippen LogP contribution in [0.3, 0.4) is 0 Å². The first-order valence-corrected chi connectivity index (χ1v) is 7.87. The van der Waals surface area contributed by atoms with Gasteiger partial charge in [-0.3, -0.25) is 9.59 Å². The summed E-state index contributed by atoms with van der Waals surface area (Å²) < 4.78 is 10.4. The largest absolute Gasteiger partial charge is 0.493 e. The molecule has 2 N–H and O–H groups in total. The summed E-state index contributed by atoms with van der Waals surface area (Å²) in [4.78, 5) is 23.7. The van der Waals surface area contributed by atoms with Gasteiger partial charge >= 0.3 is 11.8 Å². The first-order chi connectivity index (χ1) is 12.6. The zero-order valence-corrected chi connectivity index (χ0v) is 14.5. The van der Waals surface area contributed by atoms with Crippen molar-refractivity contribution in [3.8, 4) is 17.6 Å². The van der Waals surface area contributed by atoms with Crippen molar-refractivity contribution >= 4 is 17.5 Å². The van der Waals surface area contributed by atoms with E-state index in [9.17, 15) is 9.59 Å². The molecule has 2 amide bonds. The van der Waals surface area contributed by atoms with Crippen LogP contribution in [0.5, 0.6) is 11.5 Å². The van der Waals surface area contributed by atoms with Gasteiger partial charge in [0.15, 0.2) is 11.5 Å². The predicted octanol–water partition coefficient (Wildman–Crippen LogP) is 1.87. The molecule has 2 rings (SSSR count). The second-order valence-corrected chi connectivity index (χ2v) is 5.34. The Balaban J connectivity index is 1.84. The summed E-state index contributed by atoms with van der Waals surface area (Å²) in [5.74, 6) is -0.256. The summed E-state index contributed by atoms with van der Waals surface area (Å²) in [5.41, 5.74) is 1.86. The van der Waals surface area contributed by atoms with Crippen molar-refractivity contribution in [3.05, 3.63) is 53.6 Å². The monoisotopic (exact) mass is 353 g/mol. The van der Waals surface area contributed by atoms with Crippen molar-refractivity contribution in [2.24, 2.45) is 0 Å². The average molecular weight is 353 g/mol. The molecule has 0 saturated carbocycles. The summed E-state index contributed by atoms with van der Waals surface area (Å²) >= 11 is 0. The van der Waals surface area contributed by atoms with Crippen LogP contribution in [0.25, 0.3) is 0 Å². The highest BCUT2D eigenvalue weighted by Gasteiger charge is 2.13. The number of anilines is 1. The molecule has 134 valence electrons. The van der Waals surface area contributed by atoms with Gasteiger partial charge in [-0.05, 0) is 48.4 Å². The molecule has 2 aromatic carbocycles. The Labute approximate surface area is 151 Å². The molecule has 0 heterocycles. The van der Waals surface area contributed by atoms with E-state index in [4.69, 9.17) is 14.7 Å². The molecule has 0 aromatic heterocycles. The van der Waals surface area contributed by atoms with E-state index >= 15 is 0 Å². The fraction of sp³-hybridized carbons (Fsp3) is 0.211. The fourth-order valence-electron chi connectivity index (χ4n) is 2.25. The number of nitrogens with zero attached hydrogens (tertiary/aromatic N) is 1. The van der Waals surface area contributed by atoms with Gasteiger partial charge in [0.25, 0.3) is 0 Å². The quantitative estimate of drug-likeness (QED) is 0.772. The van der Waals surface area contributed by atoms with Crippen LogP contribution >= 0.6 is 0 Å². The maximum absolute atomic E-state index is 11.9.